The molecule has 17 heavy (non-hydrogen) atoms. The van der Waals surface area contributed by atoms with E-state index in [0.29, 0.717) is 0 Å². The predicted octanol–water partition coefficient (Wildman–Crippen LogP) is 6.01. The summed E-state index contributed by atoms with van der Waals surface area (Å²) < 4.78 is 0. The lowest BCUT2D eigenvalue weighted by Crippen LogP contribution is -1.81. The van der Waals surface area contributed by atoms with E-state index in [-0.39, 0.29) is 0 Å². The molecular weight excluding hydrogens is 224 g/mol. The minimum atomic E-state index is 1.10. The van der Waals surface area contributed by atoms with Crippen molar-refractivity contribution in [3.63, 3.8) is 0 Å². The summed E-state index contributed by atoms with van der Waals surface area (Å²) in [6, 6.07) is 0. The van der Waals surface area contributed by atoms with Crippen LogP contribution in [0.5, 0.6) is 0 Å². The summed E-state index contributed by atoms with van der Waals surface area (Å²) in [6.45, 7) is 2.28. The molecule has 0 spiro atoms. The van der Waals surface area contributed by atoms with Crippen LogP contribution >= 0.6 is 11.8 Å². The average Bonchev–Trinajstić information content (AvgIpc) is 2.35. The Balaban J connectivity index is 2.94. The fourth-order valence-corrected chi connectivity index (χ4v) is 2.25. The molecule has 0 aliphatic heterocycles. The van der Waals surface area contributed by atoms with Crippen LogP contribution in [0, 0.1) is 11.2 Å². The van der Waals surface area contributed by atoms with Crippen LogP contribution in [0.4, 0.5) is 0 Å². The van der Waals surface area contributed by atoms with Gasteiger partial charge in [0.25, 0.3) is 0 Å². The Labute approximate surface area is 113 Å². The Morgan fingerprint density at radius 3 is 1.65 bits per heavy atom. The third-order valence-corrected chi connectivity index (χ3v) is 3.43. The van der Waals surface area contributed by atoms with Crippen molar-refractivity contribution in [2.75, 3.05) is 6.26 Å². The monoisotopic (exact) mass is 254 g/mol. The second-order valence-corrected chi connectivity index (χ2v) is 5.38. The Morgan fingerprint density at radius 1 is 0.706 bits per heavy atom. The van der Waals surface area contributed by atoms with Gasteiger partial charge in [0.05, 0.1) is 0 Å². The molecule has 0 radical (unpaired) electrons. The Morgan fingerprint density at radius 2 is 1.18 bits per heavy atom. The number of hydrogen-bond donors (Lipinski definition) is 0. The predicted molar refractivity (Wildman–Crippen MR) is 82.4 cm³/mol. The fourth-order valence-electron chi connectivity index (χ4n) is 2.00. The highest BCUT2D eigenvalue weighted by Gasteiger charge is 1.92. The van der Waals surface area contributed by atoms with Crippen LogP contribution in [0.2, 0.25) is 0 Å². The lowest BCUT2D eigenvalue weighted by atomic mass is 10.1. The third kappa shape index (κ3) is 15.9. The molecule has 0 rings (SSSR count). The van der Waals surface area contributed by atoms with Crippen LogP contribution < -0.4 is 0 Å². The second-order valence-electron chi connectivity index (χ2n) is 4.77. The molecule has 0 unspecified atom stereocenters. The molecule has 0 aliphatic rings. The maximum atomic E-state index is 3.18. The standard InChI is InChI=1S/C16H30S/c1-3-4-5-6-7-8-9-10-11-12-13-14-15-16-17-2/h3-14H2,1-2H3. The van der Waals surface area contributed by atoms with Crippen LogP contribution in [0.1, 0.15) is 84.0 Å². The van der Waals surface area contributed by atoms with Gasteiger partial charge in [0.2, 0.25) is 0 Å². The summed E-state index contributed by atoms with van der Waals surface area (Å²) in [5.74, 6) is 3.18. The van der Waals surface area contributed by atoms with Crippen molar-refractivity contribution in [1.29, 1.82) is 0 Å². The third-order valence-electron chi connectivity index (χ3n) is 3.08. The molecule has 0 N–H and O–H groups in total. The van der Waals surface area contributed by atoms with Crippen molar-refractivity contribution in [3.8, 4) is 11.2 Å². The van der Waals surface area contributed by atoms with Gasteiger partial charge in [0.15, 0.2) is 0 Å². The van der Waals surface area contributed by atoms with Gasteiger partial charge in [-0.2, -0.15) is 0 Å². The van der Waals surface area contributed by atoms with Crippen LogP contribution in [-0.4, -0.2) is 6.26 Å². The first-order valence-electron chi connectivity index (χ1n) is 7.42. The minimum Gasteiger partial charge on any atom is -0.0913 e. The highest BCUT2D eigenvalue weighted by molar-refractivity contribution is 8.03. The summed E-state index contributed by atoms with van der Waals surface area (Å²) in [4.78, 5) is 0. The highest BCUT2D eigenvalue weighted by atomic mass is 32.2. The van der Waals surface area contributed by atoms with Crippen molar-refractivity contribution < 1.29 is 0 Å². The van der Waals surface area contributed by atoms with E-state index in [4.69, 9.17) is 0 Å². The van der Waals surface area contributed by atoms with Gasteiger partial charge in [-0.15, -0.1) is 0 Å². The van der Waals surface area contributed by atoms with Gasteiger partial charge in [-0.1, -0.05) is 88.8 Å². The van der Waals surface area contributed by atoms with Gasteiger partial charge in [-0.05, 0) is 17.9 Å². The fraction of sp³-hybridized carbons (Fsp3) is 0.875. The SMILES string of the molecule is CCCCCCCCCCCCCC#CSC. The maximum absolute atomic E-state index is 3.18. The van der Waals surface area contributed by atoms with E-state index >= 15 is 0 Å². The van der Waals surface area contributed by atoms with E-state index in [1.807, 2.05) is 6.26 Å². The molecule has 0 nitrogen and oxygen atoms in total. The molecule has 1 heteroatoms. The molecule has 0 aromatic carbocycles. The minimum absolute atomic E-state index is 1.10. The van der Waals surface area contributed by atoms with Crippen LogP contribution in [0.15, 0.2) is 0 Å². The van der Waals surface area contributed by atoms with E-state index in [1.54, 1.807) is 11.8 Å². The molecule has 0 amide bonds. The van der Waals surface area contributed by atoms with Crippen LogP contribution in [0.3, 0.4) is 0 Å². The zero-order chi connectivity index (χ0) is 12.6. The molecule has 0 aliphatic carbocycles. The van der Waals surface area contributed by atoms with E-state index in [2.05, 4.69) is 18.1 Å². The van der Waals surface area contributed by atoms with E-state index in [1.165, 1.54) is 70.6 Å². The van der Waals surface area contributed by atoms with Crippen LogP contribution in [-0.2, 0) is 0 Å². The molecule has 0 aromatic rings. The number of thioether (sulfide) groups is 1. The first kappa shape index (κ1) is 16.9. The van der Waals surface area contributed by atoms with E-state index < -0.39 is 0 Å². The summed E-state index contributed by atoms with van der Waals surface area (Å²) >= 11 is 1.62. The molecule has 0 heterocycles. The smallest absolute Gasteiger partial charge is 0.00976 e. The molecule has 0 aromatic heterocycles. The molecular formula is C16H30S. The van der Waals surface area contributed by atoms with Gasteiger partial charge in [-0.3, -0.25) is 0 Å². The molecule has 0 saturated heterocycles. The Hall–Kier alpha value is -0.0900. The topological polar surface area (TPSA) is 0 Å². The molecule has 0 saturated carbocycles. The molecule has 0 atom stereocenters. The maximum Gasteiger partial charge on any atom is 0.00976 e. The lowest BCUT2D eigenvalue weighted by molar-refractivity contribution is 0.551. The summed E-state index contributed by atoms with van der Waals surface area (Å²) in [6.07, 6.45) is 18.7. The lowest BCUT2D eigenvalue weighted by Gasteiger charge is -2.01. The van der Waals surface area contributed by atoms with Crippen molar-refractivity contribution >= 4 is 11.8 Å². The van der Waals surface area contributed by atoms with Gasteiger partial charge in [0, 0.05) is 6.42 Å². The van der Waals surface area contributed by atoms with Gasteiger partial charge in [0.1, 0.15) is 0 Å². The van der Waals surface area contributed by atoms with Gasteiger partial charge < -0.3 is 0 Å². The van der Waals surface area contributed by atoms with Crippen LogP contribution in [0.25, 0.3) is 0 Å². The Kier molecular flexibility index (Phi) is 15.8. The molecule has 0 fully saturated rings. The van der Waals surface area contributed by atoms with Crippen molar-refractivity contribution in [2.45, 2.75) is 84.0 Å². The van der Waals surface area contributed by atoms with E-state index in [0.717, 1.165) is 6.42 Å². The normalized spacial score (nSPS) is 10.0. The van der Waals surface area contributed by atoms with Gasteiger partial charge in [-0.25, -0.2) is 0 Å². The summed E-state index contributed by atoms with van der Waals surface area (Å²) in [5.41, 5.74) is 0. The molecule has 100 valence electrons. The number of hydrogen-bond acceptors (Lipinski definition) is 1. The summed E-state index contributed by atoms with van der Waals surface area (Å²) in [7, 11) is 0. The zero-order valence-electron chi connectivity index (χ0n) is 11.9. The molecule has 0 bridgehead atoms. The largest absolute Gasteiger partial charge is 0.0913 e. The summed E-state index contributed by atoms with van der Waals surface area (Å²) in [5, 5.41) is 3.05. The van der Waals surface area contributed by atoms with E-state index in [9.17, 15) is 0 Å². The highest BCUT2D eigenvalue weighted by Crippen LogP contribution is 2.11. The Bertz CT molecular complexity index is 187. The zero-order valence-corrected chi connectivity index (χ0v) is 12.7. The second kappa shape index (κ2) is 15.9. The van der Waals surface area contributed by atoms with Crippen molar-refractivity contribution in [3.05, 3.63) is 0 Å². The van der Waals surface area contributed by atoms with Crippen molar-refractivity contribution in [1.82, 2.24) is 0 Å². The van der Waals surface area contributed by atoms with Gasteiger partial charge >= 0.3 is 0 Å². The van der Waals surface area contributed by atoms with Crippen molar-refractivity contribution in [2.24, 2.45) is 0 Å². The quantitative estimate of drug-likeness (QED) is 0.321. The first-order chi connectivity index (χ1) is 8.41. The average molecular weight is 254 g/mol. The first-order valence-corrected chi connectivity index (χ1v) is 8.65. The number of rotatable bonds is 11. The number of unbranched alkanes of at least 4 members (excludes halogenated alkanes) is 11.